The Morgan fingerprint density at radius 2 is 1.93 bits per heavy atom. The van der Waals surface area contributed by atoms with Gasteiger partial charge in [-0.3, -0.25) is 9.59 Å². The molecule has 0 fully saturated rings. The largest absolute Gasteiger partial charge is 0.497 e. The molecule has 9 heteroatoms. The van der Waals surface area contributed by atoms with Crippen molar-refractivity contribution in [3.63, 3.8) is 0 Å². The van der Waals surface area contributed by atoms with Gasteiger partial charge in [0.2, 0.25) is 0 Å². The van der Waals surface area contributed by atoms with E-state index < -0.39 is 18.5 Å². The van der Waals surface area contributed by atoms with E-state index in [-0.39, 0.29) is 11.3 Å². The van der Waals surface area contributed by atoms with Gasteiger partial charge in [0.1, 0.15) is 11.5 Å². The number of rotatable bonds is 8. The number of aryl methyl sites for hydroxylation is 1. The molecule has 0 aliphatic rings. The molecule has 0 saturated heterocycles. The average Bonchev–Trinajstić information content (AvgIpc) is 2.68. The Bertz CT molecular complexity index is 878. The quantitative estimate of drug-likeness (QED) is 0.696. The Labute approximate surface area is 155 Å². The lowest BCUT2D eigenvalue weighted by atomic mass is 10.2. The maximum atomic E-state index is 12.1. The molecule has 0 aliphatic heterocycles. The average molecular weight is 375 g/mol. The molecule has 1 aromatic heterocycles. The van der Waals surface area contributed by atoms with Crippen LogP contribution in [0.15, 0.2) is 35.1 Å². The molecule has 27 heavy (non-hydrogen) atoms. The van der Waals surface area contributed by atoms with Crippen LogP contribution in [0.25, 0.3) is 0 Å². The molecular weight excluding hydrogens is 354 g/mol. The van der Waals surface area contributed by atoms with E-state index in [0.717, 1.165) is 0 Å². The molecule has 0 bridgehead atoms. The summed E-state index contributed by atoms with van der Waals surface area (Å²) in [4.78, 5) is 35.7. The van der Waals surface area contributed by atoms with Gasteiger partial charge in [-0.05, 0) is 24.6 Å². The Balaban J connectivity index is 1.98. The predicted octanol–water partition coefficient (Wildman–Crippen LogP) is 1.47. The summed E-state index contributed by atoms with van der Waals surface area (Å²) in [5, 5.41) is 6.52. The summed E-state index contributed by atoms with van der Waals surface area (Å²) < 4.78 is 16.4. The molecule has 0 spiro atoms. The maximum absolute atomic E-state index is 12.1. The first-order chi connectivity index (χ1) is 13.0. The van der Waals surface area contributed by atoms with Crippen LogP contribution in [0.4, 0.5) is 5.69 Å². The Kier molecular flexibility index (Phi) is 6.93. The first-order valence-electron chi connectivity index (χ1n) is 8.25. The van der Waals surface area contributed by atoms with Crippen LogP contribution in [-0.4, -0.2) is 42.5 Å². The molecular formula is C18H21N3O6. The minimum atomic E-state index is -0.795. The van der Waals surface area contributed by atoms with Crippen LogP contribution in [0.1, 0.15) is 23.8 Å². The van der Waals surface area contributed by atoms with Gasteiger partial charge in [-0.15, -0.1) is 0 Å². The summed E-state index contributed by atoms with van der Waals surface area (Å²) in [5.41, 5.74) is 0.0598. The number of ether oxygens (including phenoxy) is 3. The third kappa shape index (κ3) is 5.30. The number of methoxy groups -OCH3 is 2. The van der Waals surface area contributed by atoms with Gasteiger partial charge in [-0.1, -0.05) is 6.92 Å². The Hall–Kier alpha value is -3.36. The maximum Gasteiger partial charge on any atom is 0.359 e. The number of amides is 1. The van der Waals surface area contributed by atoms with Gasteiger partial charge in [0.15, 0.2) is 12.3 Å². The number of benzene rings is 1. The smallest absolute Gasteiger partial charge is 0.359 e. The minimum absolute atomic E-state index is 0.0436. The lowest BCUT2D eigenvalue weighted by molar-refractivity contribution is -0.119. The molecule has 0 unspecified atom stereocenters. The standard InChI is InChI=1S/C18H21N3O6/c1-4-9-21-17(23)8-7-14(20-21)18(24)27-11-16(22)19-13-6-5-12(25-2)10-15(13)26-3/h5-8,10H,4,9,11H2,1-3H3,(H,19,22). The summed E-state index contributed by atoms with van der Waals surface area (Å²) in [5.74, 6) is -0.364. The third-order valence-electron chi connectivity index (χ3n) is 3.53. The van der Waals surface area contributed by atoms with Crippen molar-refractivity contribution in [1.82, 2.24) is 9.78 Å². The highest BCUT2D eigenvalue weighted by molar-refractivity contribution is 5.95. The number of nitrogens with zero attached hydrogens (tertiary/aromatic N) is 2. The molecule has 0 radical (unpaired) electrons. The van der Waals surface area contributed by atoms with E-state index in [1.165, 1.54) is 31.0 Å². The van der Waals surface area contributed by atoms with E-state index in [1.54, 1.807) is 18.2 Å². The number of hydrogen-bond donors (Lipinski definition) is 1. The van der Waals surface area contributed by atoms with Gasteiger partial charge >= 0.3 is 5.97 Å². The van der Waals surface area contributed by atoms with Crippen molar-refractivity contribution in [1.29, 1.82) is 0 Å². The van der Waals surface area contributed by atoms with Gasteiger partial charge in [-0.2, -0.15) is 5.10 Å². The second-order valence-corrected chi connectivity index (χ2v) is 5.47. The normalized spacial score (nSPS) is 10.2. The van der Waals surface area contributed by atoms with Crippen molar-refractivity contribution < 1.29 is 23.8 Å². The monoisotopic (exact) mass is 375 g/mol. The van der Waals surface area contributed by atoms with E-state index in [0.29, 0.717) is 30.2 Å². The van der Waals surface area contributed by atoms with Crippen LogP contribution in [0.3, 0.4) is 0 Å². The van der Waals surface area contributed by atoms with Gasteiger partial charge < -0.3 is 19.5 Å². The number of carbonyl (C=O) groups is 2. The molecule has 144 valence electrons. The molecule has 1 N–H and O–H groups in total. The molecule has 1 heterocycles. The molecule has 0 atom stereocenters. The van der Waals surface area contributed by atoms with Crippen molar-refractivity contribution >= 4 is 17.6 Å². The number of esters is 1. The highest BCUT2D eigenvalue weighted by atomic mass is 16.5. The summed E-state index contributed by atoms with van der Waals surface area (Å²) in [6.45, 7) is 1.76. The fourth-order valence-electron chi connectivity index (χ4n) is 2.22. The van der Waals surface area contributed by atoms with Crippen LogP contribution in [0.2, 0.25) is 0 Å². The molecule has 9 nitrogen and oxygen atoms in total. The van der Waals surface area contributed by atoms with Crippen molar-refractivity contribution in [2.75, 3.05) is 26.1 Å². The number of anilines is 1. The summed E-state index contributed by atoms with van der Waals surface area (Å²) in [6.07, 6.45) is 0.692. The fourth-order valence-corrected chi connectivity index (χ4v) is 2.22. The van der Waals surface area contributed by atoms with Crippen molar-refractivity contribution in [2.24, 2.45) is 0 Å². The molecule has 0 saturated carbocycles. The molecule has 1 amide bonds. The van der Waals surface area contributed by atoms with Crippen LogP contribution in [0, 0.1) is 0 Å². The zero-order chi connectivity index (χ0) is 19.8. The highest BCUT2D eigenvalue weighted by Gasteiger charge is 2.15. The second-order valence-electron chi connectivity index (χ2n) is 5.47. The second kappa shape index (κ2) is 9.37. The number of nitrogens with one attached hydrogen (secondary N) is 1. The van der Waals surface area contributed by atoms with E-state index in [1.807, 2.05) is 6.92 Å². The molecule has 0 aliphatic carbocycles. The fraction of sp³-hybridized carbons (Fsp3) is 0.333. The van der Waals surface area contributed by atoms with Crippen molar-refractivity contribution in [3.05, 3.63) is 46.4 Å². The topological polar surface area (TPSA) is 109 Å². The van der Waals surface area contributed by atoms with Crippen LogP contribution >= 0.6 is 0 Å². The third-order valence-corrected chi connectivity index (χ3v) is 3.53. The lowest BCUT2D eigenvalue weighted by Crippen LogP contribution is -2.26. The number of hydrogen-bond acceptors (Lipinski definition) is 7. The highest BCUT2D eigenvalue weighted by Crippen LogP contribution is 2.28. The van der Waals surface area contributed by atoms with Crippen LogP contribution in [-0.2, 0) is 16.1 Å². The molecule has 2 rings (SSSR count). The minimum Gasteiger partial charge on any atom is -0.497 e. The Morgan fingerprint density at radius 3 is 2.59 bits per heavy atom. The van der Waals surface area contributed by atoms with E-state index in [2.05, 4.69) is 10.4 Å². The van der Waals surface area contributed by atoms with E-state index in [4.69, 9.17) is 14.2 Å². The lowest BCUT2D eigenvalue weighted by Gasteiger charge is -2.12. The van der Waals surface area contributed by atoms with Gasteiger partial charge in [-0.25, -0.2) is 9.48 Å². The molecule has 2 aromatic rings. The summed E-state index contributed by atoms with van der Waals surface area (Å²) in [7, 11) is 2.98. The summed E-state index contributed by atoms with van der Waals surface area (Å²) in [6, 6.07) is 7.38. The van der Waals surface area contributed by atoms with Crippen LogP contribution < -0.4 is 20.3 Å². The predicted molar refractivity (Wildman–Crippen MR) is 97.2 cm³/mol. The van der Waals surface area contributed by atoms with Crippen molar-refractivity contribution in [2.45, 2.75) is 19.9 Å². The zero-order valence-corrected chi connectivity index (χ0v) is 15.4. The zero-order valence-electron chi connectivity index (χ0n) is 15.4. The van der Waals surface area contributed by atoms with Gasteiger partial charge in [0.05, 0.1) is 19.9 Å². The van der Waals surface area contributed by atoms with E-state index >= 15 is 0 Å². The summed E-state index contributed by atoms with van der Waals surface area (Å²) >= 11 is 0. The first kappa shape index (κ1) is 20.0. The van der Waals surface area contributed by atoms with E-state index in [9.17, 15) is 14.4 Å². The first-order valence-corrected chi connectivity index (χ1v) is 8.25. The van der Waals surface area contributed by atoms with Crippen LogP contribution in [0.5, 0.6) is 11.5 Å². The van der Waals surface area contributed by atoms with Gasteiger partial charge in [0, 0.05) is 18.7 Å². The number of carbonyl (C=O) groups excluding carboxylic acids is 2. The van der Waals surface area contributed by atoms with Crippen molar-refractivity contribution in [3.8, 4) is 11.5 Å². The van der Waals surface area contributed by atoms with Gasteiger partial charge in [0.25, 0.3) is 11.5 Å². The SMILES string of the molecule is CCCn1nc(C(=O)OCC(=O)Nc2ccc(OC)cc2OC)ccc1=O. The Morgan fingerprint density at radius 1 is 1.15 bits per heavy atom. The molecule has 1 aromatic carbocycles. The number of aromatic nitrogens is 2.